The van der Waals surface area contributed by atoms with Crippen molar-refractivity contribution in [2.24, 2.45) is 0 Å². The average Bonchev–Trinajstić information content (AvgIpc) is 2.66. The molecule has 0 spiro atoms. The minimum atomic E-state index is -1.08. The number of benzene rings is 2. The van der Waals surface area contributed by atoms with Gasteiger partial charge in [-0.15, -0.1) is 0 Å². The number of rotatable bonds is 5. The number of anilines is 2. The van der Waals surface area contributed by atoms with Crippen molar-refractivity contribution in [3.63, 3.8) is 0 Å². The lowest BCUT2D eigenvalue weighted by molar-refractivity contribution is -0.123. The fourth-order valence-corrected chi connectivity index (χ4v) is 3.31. The summed E-state index contributed by atoms with van der Waals surface area (Å²) in [6, 6.07) is 6.09. The molecule has 148 valence electrons. The Balaban J connectivity index is 1.56. The third kappa shape index (κ3) is 4.44. The summed E-state index contributed by atoms with van der Waals surface area (Å²) in [6.45, 7) is 2.16. The van der Waals surface area contributed by atoms with E-state index < -0.39 is 23.4 Å². The van der Waals surface area contributed by atoms with Gasteiger partial charge in [0, 0.05) is 29.5 Å². The molecular formula is C20H20F3N3O2. The number of amides is 2. The first-order valence-corrected chi connectivity index (χ1v) is 8.89. The molecule has 8 heteroatoms. The Morgan fingerprint density at radius 2 is 1.79 bits per heavy atom. The highest BCUT2D eigenvalue weighted by atomic mass is 19.2. The molecule has 0 aliphatic carbocycles. The number of carbonyl (C=O) groups excluding carboxylic acids is 2. The molecule has 1 aliphatic rings. The summed E-state index contributed by atoms with van der Waals surface area (Å²) < 4.78 is 40.1. The maximum absolute atomic E-state index is 14.0. The third-order valence-corrected chi connectivity index (χ3v) is 4.58. The van der Waals surface area contributed by atoms with Gasteiger partial charge in [0.25, 0.3) is 0 Å². The van der Waals surface area contributed by atoms with Crippen molar-refractivity contribution in [2.45, 2.75) is 19.8 Å². The first-order chi connectivity index (χ1) is 13.3. The summed E-state index contributed by atoms with van der Waals surface area (Å²) in [5.41, 5.74) is 2.32. The number of halogens is 3. The number of nitrogens with one attached hydrogen (secondary N) is 2. The Morgan fingerprint density at radius 3 is 2.54 bits per heavy atom. The predicted molar refractivity (Wildman–Crippen MR) is 99.7 cm³/mol. The topological polar surface area (TPSA) is 61.4 Å². The highest BCUT2D eigenvalue weighted by molar-refractivity contribution is 5.95. The molecule has 1 aliphatic heterocycles. The molecular weight excluding hydrogens is 371 g/mol. The Morgan fingerprint density at radius 1 is 1.04 bits per heavy atom. The summed E-state index contributed by atoms with van der Waals surface area (Å²) in [4.78, 5) is 25.9. The summed E-state index contributed by atoms with van der Waals surface area (Å²) in [6.07, 6.45) is 1.36. The Hall–Kier alpha value is -3.03. The SMILES string of the molecule is Cc1ccc(F)c2c1N(CC(=O)NCC(=O)Nc1ccc(F)c(F)c1)CCC2. The molecule has 2 N–H and O–H groups in total. The van der Waals surface area contributed by atoms with Crippen LogP contribution in [0.4, 0.5) is 24.5 Å². The maximum Gasteiger partial charge on any atom is 0.243 e. The molecule has 0 bridgehead atoms. The predicted octanol–water partition coefficient (Wildman–Crippen LogP) is 2.92. The quantitative estimate of drug-likeness (QED) is 0.824. The lowest BCUT2D eigenvalue weighted by atomic mass is 9.97. The third-order valence-electron chi connectivity index (χ3n) is 4.58. The van der Waals surface area contributed by atoms with E-state index in [0.717, 1.165) is 29.8 Å². The molecule has 0 radical (unpaired) electrons. The fourth-order valence-electron chi connectivity index (χ4n) is 3.31. The number of nitrogens with zero attached hydrogens (tertiary/aromatic N) is 1. The van der Waals surface area contributed by atoms with Crippen molar-refractivity contribution in [1.29, 1.82) is 0 Å². The van der Waals surface area contributed by atoms with Crippen molar-refractivity contribution in [2.75, 3.05) is 29.9 Å². The highest BCUT2D eigenvalue weighted by Gasteiger charge is 2.23. The van der Waals surface area contributed by atoms with Crippen LogP contribution in [-0.4, -0.2) is 31.4 Å². The van der Waals surface area contributed by atoms with E-state index in [0.29, 0.717) is 18.5 Å². The van der Waals surface area contributed by atoms with Crippen LogP contribution in [0.15, 0.2) is 30.3 Å². The number of hydrogen-bond acceptors (Lipinski definition) is 3. The minimum absolute atomic E-state index is 0.00422. The summed E-state index contributed by atoms with van der Waals surface area (Å²) in [5.74, 6) is -3.33. The van der Waals surface area contributed by atoms with Gasteiger partial charge in [-0.3, -0.25) is 9.59 Å². The molecule has 2 amide bonds. The van der Waals surface area contributed by atoms with Gasteiger partial charge in [0.15, 0.2) is 11.6 Å². The van der Waals surface area contributed by atoms with Gasteiger partial charge in [-0.25, -0.2) is 13.2 Å². The zero-order valence-electron chi connectivity index (χ0n) is 15.3. The molecule has 2 aromatic carbocycles. The summed E-state index contributed by atoms with van der Waals surface area (Å²) >= 11 is 0. The maximum atomic E-state index is 14.0. The van der Waals surface area contributed by atoms with Gasteiger partial charge < -0.3 is 15.5 Å². The molecule has 1 heterocycles. The second-order valence-corrected chi connectivity index (χ2v) is 6.67. The van der Waals surface area contributed by atoms with E-state index in [-0.39, 0.29) is 24.6 Å². The molecule has 0 saturated carbocycles. The van der Waals surface area contributed by atoms with Crippen molar-refractivity contribution in [1.82, 2.24) is 5.32 Å². The smallest absolute Gasteiger partial charge is 0.243 e. The van der Waals surface area contributed by atoms with Crippen LogP contribution in [0.5, 0.6) is 0 Å². The number of carbonyl (C=O) groups is 2. The van der Waals surface area contributed by atoms with Crippen LogP contribution in [0.25, 0.3) is 0 Å². The van der Waals surface area contributed by atoms with Crippen molar-refractivity contribution >= 4 is 23.2 Å². The van der Waals surface area contributed by atoms with Crippen molar-refractivity contribution in [3.05, 3.63) is 58.9 Å². The van der Waals surface area contributed by atoms with Gasteiger partial charge >= 0.3 is 0 Å². The lowest BCUT2D eigenvalue weighted by Crippen LogP contribution is -2.42. The summed E-state index contributed by atoms with van der Waals surface area (Å²) in [5, 5.41) is 4.86. The standard InChI is InChI=1S/C20H20F3N3O2/c1-12-4-6-15(21)14-3-2-8-26(20(12)14)11-19(28)24-10-18(27)25-13-5-7-16(22)17(23)9-13/h4-7,9H,2-3,8,10-11H2,1H3,(H,24,28)(H,25,27). The zero-order chi connectivity index (χ0) is 20.3. The largest absolute Gasteiger partial charge is 0.362 e. The van der Waals surface area contributed by atoms with E-state index in [1.807, 2.05) is 6.92 Å². The molecule has 3 rings (SSSR count). The molecule has 0 aromatic heterocycles. The van der Waals surface area contributed by atoms with E-state index in [1.165, 1.54) is 12.1 Å². The zero-order valence-corrected chi connectivity index (χ0v) is 15.3. The van der Waals surface area contributed by atoms with Crippen LogP contribution < -0.4 is 15.5 Å². The van der Waals surface area contributed by atoms with Gasteiger partial charge in [0.1, 0.15) is 5.82 Å². The minimum Gasteiger partial charge on any atom is -0.362 e. The molecule has 0 unspecified atom stereocenters. The number of aryl methyl sites for hydroxylation is 1. The van der Waals surface area contributed by atoms with E-state index in [4.69, 9.17) is 0 Å². The van der Waals surface area contributed by atoms with Gasteiger partial charge in [0.05, 0.1) is 13.1 Å². The van der Waals surface area contributed by atoms with Crippen LogP contribution in [0.2, 0.25) is 0 Å². The number of hydrogen-bond donors (Lipinski definition) is 2. The first kappa shape index (κ1) is 19.7. The molecule has 0 atom stereocenters. The highest BCUT2D eigenvalue weighted by Crippen LogP contribution is 2.32. The molecule has 2 aromatic rings. The average molecular weight is 391 g/mol. The fraction of sp³-hybridized carbons (Fsp3) is 0.300. The van der Waals surface area contributed by atoms with Crippen LogP contribution in [0.3, 0.4) is 0 Å². The van der Waals surface area contributed by atoms with Crippen molar-refractivity contribution < 1.29 is 22.8 Å². The molecule has 5 nitrogen and oxygen atoms in total. The van der Waals surface area contributed by atoms with Crippen LogP contribution in [-0.2, 0) is 16.0 Å². The van der Waals surface area contributed by atoms with Gasteiger partial charge in [-0.1, -0.05) is 6.07 Å². The van der Waals surface area contributed by atoms with Gasteiger partial charge in [-0.2, -0.15) is 0 Å². The van der Waals surface area contributed by atoms with Gasteiger partial charge in [0.2, 0.25) is 11.8 Å². The Bertz CT molecular complexity index is 918. The van der Waals surface area contributed by atoms with Crippen LogP contribution in [0.1, 0.15) is 17.5 Å². The lowest BCUT2D eigenvalue weighted by Gasteiger charge is -2.32. The van der Waals surface area contributed by atoms with E-state index in [2.05, 4.69) is 10.6 Å². The second-order valence-electron chi connectivity index (χ2n) is 6.67. The normalized spacial score (nSPS) is 13.1. The Labute approximate surface area is 160 Å². The van der Waals surface area contributed by atoms with Gasteiger partial charge in [-0.05, 0) is 43.5 Å². The second kappa shape index (κ2) is 8.33. The van der Waals surface area contributed by atoms with E-state index in [9.17, 15) is 22.8 Å². The van der Waals surface area contributed by atoms with Crippen molar-refractivity contribution in [3.8, 4) is 0 Å². The molecule has 0 saturated heterocycles. The first-order valence-electron chi connectivity index (χ1n) is 8.89. The van der Waals surface area contributed by atoms with Crippen LogP contribution in [0, 0.1) is 24.4 Å². The van der Waals surface area contributed by atoms with Crippen LogP contribution >= 0.6 is 0 Å². The number of fused-ring (bicyclic) bond motifs is 1. The molecule has 28 heavy (non-hydrogen) atoms. The monoisotopic (exact) mass is 391 g/mol. The Kier molecular flexibility index (Phi) is 5.87. The van der Waals surface area contributed by atoms with E-state index >= 15 is 0 Å². The summed E-state index contributed by atoms with van der Waals surface area (Å²) in [7, 11) is 0. The molecule has 0 fully saturated rings. The van der Waals surface area contributed by atoms with E-state index in [1.54, 1.807) is 11.0 Å².